The lowest BCUT2D eigenvalue weighted by Crippen LogP contribution is -2.41. The van der Waals surface area contributed by atoms with E-state index in [1.165, 1.54) is 22.5 Å². The van der Waals surface area contributed by atoms with Crippen LogP contribution in [-0.2, 0) is 25.5 Å². The standard InChI is InChI=1S/C25H37N3O6S2/c1-25(2,3)20-6-8-21(9-7-20)36(33,34)28-13-11-18(12-14-28)16-26-17-24(30)19-5-10-23(29)22(15-19)27-35(4,31)32/h5-10,15,18,24,26-27,29-30H,11-14,16-17H2,1-4H3/t24-/m0/s1. The Bertz CT molecular complexity index is 1250. The summed E-state index contributed by atoms with van der Waals surface area (Å²) in [5.74, 6) is 0.0467. The first kappa shape index (κ1) is 28.4. The summed E-state index contributed by atoms with van der Waals surface area (Å²) in [6.45, 7) is 8.01. The number of sulfonamides is 2. The number of phenolic OH excluding ortho intramolecular Hbond substituents is 1. The van der Waals surface area contributed by atoms with Gasteiger partial charge in [-0.1, -0.05) is 39.0 Å². The second-order valence-corrected chi connectivity index (χ2v) is 14.1. The second kappa shape index (κ2) is 11.1. The van der Waals surface area contributed by atoms with Crippen LogP contribution in [0.15, 0.2) is 47.4 Å². The van der Waals surface area contributed by atoms with Gasteiger partial charge >= 0.3 is 0 Å². The molecule has 200 valence electrons. The van der Waals surface area contributed by atoms with E-state index < -0.39 is 26.2 Å². The van der Waals surface area contributed by atoms with Crippen molar-refractivity contribution in [2.75, 3.05) is 37.2 Å². The Labute approximate surface area is 214 Å². The van der Waals surface area contributed by atoms with Crippen LogP contribution < -0.4 is 10.0 Å². The van der Waals surface area contributed by atoms with E-state index in [0.29, 0.717) is 42.9 Å². The van der Waals surface area contributed by atoms with Gasteiger partial charge in [0.25, 0.3) is 0 Å². The second-order valence-electron chi connectivity index (χ2n) is 10.4. The van der Waals surface area contributed by atoms with E-state index in [0.717, 1.165) is 11.8 Å². The molecule has 0 radical (unpaired) electrons. The molecule has 0 saturated carbocycles. The maximum atomic E-state index is 13.1. The predicted octanol–water partition coefficient (Wildman–Crippen LogP) is 2.79. The Kier molecular flexibility index (Phi) is 8.72. The lowest BCUT2D eigenvalue weighted by molar-refractivity contribution is 0.169. The Morgan fingerprint density at radius 1 is 1.03 bits per heavy atom. The molecule has 3 rings (SSSR count). The third-order valence-corrected chi connectivity index (χ3v) is 8.91. The quantitative estimate of drug-likeness (QED) is 0.360. The molecule has 0 bridgehead atoms. The highest BCUT2D eigenvalue weighted by Gasteiger charge is 2.29. The van der Waals surface area contributed by atoms with Gasteiger partial charge in [-0.3, -0.25) is 4.72 Å². The predicted molar refractivity (Wildman–Crippen MR) is 141 cm³/mol. The van der Waals surface area contributed by atoms with Crippen LogP contribution in [0.3, 0.4) is 0 Å². The Morgan fingerprint density at radius 2 is 1.64 bits per heavy atom. The Balaban J connectivity index is 1.50. The summed E-state index contributed by atoms with van der Waals surface area (Å²) < 4.78 is 52.8. The van der Waals surface area contributed by atoms with Crippen LogP contribution in [0.25, 0.3) is 0 Å². The summed E-state index contributed by atoms with van der Waals surface area (Å²) in [7, 11) is -7.10. The molecule has 36 heavy (non-hydrogen) atoms. The summed E-state index contributed by atoms with van der Waals surface area (Å²) in [5, 5.41) is 23.6. The van der Waals surface area contributed by atoms with Crippen molar-refractivity contribution in [3.05, 3.63) is 53.6 Å². The molecule has 0 aromatic heterocycles. The van der Waals surface area contributed by atoms with Crippen molar-refractivity contribution in [2.24, 2.45) is 5.92 Å². The largest absolute Gasteiger partial charge is 0.506 e. The number of rotatable bonds is 9. The number of piperidine rings is 1. The molecule has 1 saturated heterocycles. The summed E-state index contributed by atoms with van der Waals surface area (Å²) >= 11 is 0. The summed E-state index contributed by atoms with van der Waals surface area (Å²) in [5.41, 5.74) is 1.52. The highest BCUT2D eigenvalue weighted by Crippen LogP contribution is 2.29. The number of hydrogen-bond donors (Lipinski definition) is 4. The molecule has 0 aliphatic carbocycles. The molecule has 0 spiro atoms. The summed E-state index contributed by atoms with van der Waals surface area (Å²) in [6.07, 6.45) is 1.51. The minimum Gasteiger partial charge on any atom is -0.506 e. The maximum Gasteiger partial charge on any atom is 0.243 e. The third-order valence-electron chi connectivity index (χ3n) is 6.40. The van der Waals surface area contributed by atoms with Crippen LogP contribution in [-0.4, -0.2) is 63.8 Å². The highest BCUT2D eigenvalue weighted by molar-refractivity contribution is 7.92. The molecule has 0 amide bonds. The zero-order valence-electron chi connectivity index (χ0n) is 21.2. The zero-order valence-corrected chi connectivity index (χ0v) is 22.9. The molecule has 2 aromatic rings. The molecule has 0 unspecified atom stereocenters. The van der Waals surface area contributed by atoms with Gasteiger partial charge in [0, 0.05) is 19.6 Å². The van der Waals surface area contributed by atoms with E-state index >= 15 is 0 Å². The molecule has 2 aromatic carbocycles. The van der Waals surface area contributed by atoms with E-state index in [1.807, 2.05) is 12.1 Å². The molecule has 1 fully saturated rings. The molecule has 4 N–H and O–H groups in total. The zero-order chi connectivity index (χ0) is 26.7. The van der Waals surface area contributed by atoms with Gasteiger partial charge in [-0.15, -0.1) is 0 Å². The number of nitrogens with one attached hydrogen (secondary N) is 2. The highest BCUT2D eigenvalue weighted by atomic mass is 32.2. The van der Waals surface area contributed by atoms with Crippen LogP contribution in [0.1, 0.15) is 50.8 Å². The number of benzene rings is 2. The average molecular weight is 540 g/mol. The van der Waals surface area contributed by atoms with E-state index in [9.17, 15) is 27.0 Å². The van der Waals surface area contributed by atoms with Gasteiger partial charge in [-0.25, -0.2) is 16.8 Å². The van der Waals surface area contributed by atoms with E-state index in [4.69, 9.17) is 0 Å². The fourth-order valence-electron chi connectivity index (χ4n) is 4.21. The van der Waals surface area contributed by atoms with Crippen LogP contribution >= 0.6 is 0 Å². The first-order chi connectivity index (χ1) is 16.7. The number of hydrogen-bond acceptors (Lipinski definition) is 7. The van der Waals surface area contributed by atoms with Crippen molar-refractivity contribution in [3.8, 4) is 5.75 Å². The minimum absolute atomic E-state index is 0.00989. The van der Waals surface area contributed by atoms with Gasteiger partial charge in [0.2, 0.25) is 20.0 Å². The SMILES string of the molecule is CC(C)(C)c1ccc(S(=O)(=O)N2CCC(CNC[C@H](O)c3ccc(O)c(NS(C)(=O)=O)c3)CC2)cc1. The van der Waals surface area contributed by atoms with Gasteiger partial charge in [-0.2, -0.15) is 4.31 Å². The maximum absolute atomic E-state index is 13.1. The molecular formula is C25H37N3O6S2. The number of nitrogens with zero attached hydrogens (tertiary/aromatic N) is 1. The number of aromatic hydroxyl groups is 1. The Hall–Kier alpha value is -2.18. The monoisotopic (exact) mass is 539 g/mol. The number of aliphatic hydroxyl groups excluding tert-OH is 1. The average Bonchev–Trinajstić information content (AvgIpc) is 2.79. The first-order valence-electron chi connectivity index (χ1n) is 12.0. The fourth-order valence-corrected chi connectivity index (χ4v) is 6.25. The third kappa shape index (κ3) is 7.42. The summed E-state index contributed by atoms with van der Waals surface area (Å²) in [4.78, 5) is 0.314. The van der Waals surface area contributed by atoms with Gasteiger partial charge in [0.1, 0.15) is 5.75 Å². The smallest absolute Gasteiger partial charge is 0.243 e. The van der Waals surface area contributed by atoms with Crippen molar-refractivity contribution >= 4 is 25.7 Å². The molecule has 1 aliphatic heterocycles. The molecule has 9 nitrogen and oxygen atoms in total. The number of anilines is 1. The topological polar surface area (TPSA) is 136 Å². The molecule has 11 heteroatoms. The van der Waals surface area contributed by atoms with Gasteiger partial charge < -0.3 is 15.5 Å². The van der Waals surface area contributed by atoms with Gasteiger partial charge in [0.15, 0.2) is 0 Å². The fraction of sp³-hybridized carbons (Fsp3) is 0.520. The van der Waals surface area contributed by atoms with Crippen molar-refractivity contribution in [2.45, 2.75) is 50.0 Å². The van der Waals surface area contributed by atoms with Crippen molar-refractivity contribution in [1.82, 2.24) is 9.62 Å². The number of phenols is 1. The van der Waals surface area contributed by atoms with E-state index in [1.54, 1.807) is 12.1 Å². The molecule has 1 atom stereocenters. The lowest BCUT2D eigenvalue weighted by atomic mass is 9.87. The van der Waals surface area contributed by atoms with Gasteiger partial charge in [-0.05, 0) is 66.1 Å². The lowest BCUT2D eigenvalue weighted by Gasteiger charge is -2.31. The van der Waals surface area contributed by atoms with Crippen molar-refractivity contribution < 1.29 is 27.0 Å². The normalized spacial score (nSPS) is 17.1. The van der Waals surface area contributed by atoms with E-state index in [2.05, 4.69) is 30.8 Å². The first-order valence-corrected chi connectivity index (χ1v) is 15.3. The van der Waals surface area contributed by atoms with Gasteiger partial charge in [0.05, 0.1) is 22.9 Å². The van der Waals surface area contributed by atoms with Crippen molar-refractivity contribution in [3.63, 3.8) is 0 Å². The van der Waals surface area contributed by atoms with E-state index in [-0.39, 0.29) is 29.3 Å². The van der Waals surface area contributed by atoms with Crippen molar-refractivity contribution in [1.29, 1.82) is 0 Å². The Morgan fingerprint density at radius 3 is 2.19 bits per heavy atom. The molecule has 1 heterocycles. The van der Waals surface area contributed by atoms with Crippen LogP contribution in [0.5, 0.6) is 5.75 Å². The number of aliphatic hydroxyl groups is 1. The van der Waals surface area contributed by atoms with Crippen LogP contribution in [0.4, 0.5) is 5.69 Å². The summed E-state index contributed by atoms with van der Waals surface area (Å²) in [6, 6.07) is 11.4. The minimum atomic E-state index is -3.57. The van der Waals surface area contributed by atoms with Crippen LogP contribution in [0.2, 0.25) is 0 Å². The molecular weight excluding hydrogens is 502 g/mol. The van der Waals surface area contributed by atoms with Crippen LogP contribution in [0, 0.1) is 5.92 Å². The molecule has 1 aliphatic rings.